The second-order valence-corrected chi connectivity index (χ2v) is 8.90. The van der Waals surface area contributed by atoms with Gasteiger partial charge in [0.2, 0.25) is 15.9 Å². The summed E-state index contributed by atoms with van der Waals surface area (Å²) in [5, 5.41) is 3.78. The number of ether oxygens (including phenoxy) is 1. The number of sulfonamides is 1. The Labute approximate surface area is 175 Å². The zero-order chi connectivity index (χ0) is 20.7. The van der Waals surface area contributed by atoms with Crippen LogP contribution < -0.4 is 14.4 Å². The minimum absolute atomic E-state index is 0.186. The molecule has 0 aromatic heterocycles. The van der Waals surface area contributed by atoms with E-state index in [0.29, 0.717) is 27.9 Å². The molecule has 0 fully saturated rings. The van der Waals surface area contributed by atoms with Gasteiger partial charge in [0.25, 0.3) is 0 Å². The lowest BCUT2D eigenvalue weighted by Crippen LogP contribution is -2.32. The molecule has 2 rings (SSSR count). The van der Waals surface area contributed by atoms with Crippen LogP contribution >= 0.6 is 23.2 Å². The summed E-state index contributed by atoms with van der Waals surface area (Å²) in [6.07, 6.45) is 1.70. The molecule has 0 aliphatic heterocycles. The number of hydrogen-bond acceptors (Lipinski definition) is 4. The Bertz CT molecular complexity index is 918. The summed E-state index contributed by atoms with van der Waals surface area (Å²) in [4.78, 5) is 12.1. The van der Waals surface area contributed by atoms with Crippen LogP contribution in [0.1, 0.15) is 18.4 Å². The van der Waals surface area contributed by atoms with Crippen molar-refractivity contribution < 1.29 is 17.9 Å². The molecule has 2 aromatic carbocycles. The van der Waals surface area contributed by atoms with Crippen LogP contribution in [0.5, 0.6) is 5.75 Å². The third-order valence-corrected chi connectivity index (χ3v) is 5.80. The summed E-state index contributed by atoms with van der Waals surface area (Å²) in [7, 11) is -1.93. The van der Waals surface area contributed by atoms with E-state index >= 15 is 0 Å². The second-order valence-electron chi connectivity index (χ2n) is 6.15. The third kappa shape index (κ3) is 6.58. The standard InChI is InChI=1S/C19H22Cl2N2O4S/c1-27-17-9-7-16(8-10-17)23(28(2,25)26)11-3-4-19(24)22-13-14-5-6-15(20)12-18(14)21/h5-10,12H,3-4,11,13H2,1-2H3,(H,22,24). The van der Waals surface area contributed by atoms with E-state index in [1.807, 2.05) is 0 Å². The van der Waals surface area contributed by atoms with Gasteiger partial charge in [-0.3, -0.25) is 9.10 Å². The lowest BCUT2D eigenvalue weighted by Gasteiger charge is -2.22. The van der Waals surface area contributed by atoms with Gasteiger partial charge in [0.1, 0.15) is 5.75 Å². The number of amides is 1. The number of anilines is 1. The first-order valence-electron chi connectivity index (χ1n) is 8.53. The lowest BCUT2D eigenvalue weighted by atomic mass is 10.2. The number of carbonyl (C=O) groups is 1. The third-order valence-electron chi connectivity index (χ3n) is 4.02. The van der Waals surface area contributed by atoms with E-state index in [1.165, 1.54) is 4.31 Å². The van der Waals surface area contributed by atoms with Gasteiger partial charge in [0.15, 0.2) is 0 Å². The van der Waals surface area contributed by atoms with Crippen LogP contribution in [0.25, 0.3) is 0 Å². The summed E-state index contributed by atoms with van der Waals surface area (Å²) < 4.78 is 30.6. The number of hydrogen-bond donors (Lipinski definition) is 1. The molecule has 1 N–H and O–H groups in total. The molecule has 9 heteroatoms. The molecule has 0 bridgehead atoms. The van der Waals surface area contributed by atoms with Crippen LogP contribution in [0.15, 0.2) is 42.5 Å². The van der Waals surface area contributed by atoms with E-state index < -0.39 is 10.0 Å². The van der Waals surface area contributed by atoms with Crippen LogP contribution in [0.2, 0.25) is 10.0 Å². The van der Waals surface area contributed by atoms with Crippen molar-refractivity contribution in [3.05, 3.63) is 58.1 Å². The van der Waals surface area contributed by atoms with Crippen LogP contribution in [0.3, 0.4) is 0 Å². The summed E-state index contributed by atoms with van der Waals surface area (Å²) in [6.45, 7) is 0.476. The molecule has 2 aromatic rings. The molecule has 0 spiro atoms. The average molecular weight is 445 g/mol. The Kier molecular flexibility index (Phi) is 7.98. The van der Waals surface area contributed by atoms with Gasteiger partial charge in [0, 0.05) is 29.6 Å². The molecule has 0 radical (unpaired) electrons. The number of benzene rings is 2. The maximum Gasteiger partial charge on any atom is 0.232 e. The lowest BCUT2D eigenvalue weighted by molar-refractivity contribution is -0.121. The number of nitrogens with one attached hydrogen (secondary N) is 1. The molecule has 0 saturated carbocycles. The van der Waals surface area contributed by atoms with Crippen molar-refractivity contribution in [2.24, 2.45) is 0 Å². The van der Waals surface area contributed by atoms with Crippen LogP contribution in [0.4, 0.5) is 5.69 Å². The molecule has 6 nitrogen and oxygen atoms in total. The Morgan fingerprint density at radius 3 is 2.39 bits per heavy atom. The molecule has 0 heterocycles. The first-order chi connectivity index (χ1) is 13.2. The van der Waals surface area contributed by atoms with Gasteiger partial charge in [-0.05, 0) is 48.4 Å². The smallest absolute Gasteiger partial charge is 0.232 e. The molecule has 28 heavy (non-hydrogen) atoms. The van der Waals surface area contributed by atoms with Crippen molar-refractivity contribution in [1.29, 1.82) is 0 Å². The van der Waals surface area contributed by atoms with Gasteiger partial charge >= 0.3 is 0 Å². The second kappa shape index (κ2) is 10.0. The van der Waals surface area contributed by atoms with Crippen molar-refractivity contribution >= 4 is 44.8 Å². The van der Waals surface area contributed by atoms with Crippen molar-refractivity contribution in [3.8, 4) is 5.75 Å². The Morgan fingerprint density at radius 2 is 1.82 bits per heavy atom. The number of nitrogens with zero attached hydrogens (tertiary/aromatic N) is 1. The SMILES string of the molecule is COc1ccc(N(CCCC(=O)NCc2ccc(Cl)cc2Cl)S(C)(=O)=O)cc1. The van der Waals surface area contributed by atoms with E-state index in [4.69, 9.17) is 27.9 Å². The fraction of sp³-hybridized carbons (Fsp3) is 0.316. The average Bonchev–Trinajstić information content (AvgIpc) is 2.63. The minimum atomic E-state index is -3.47. The minimum Gasteiger partial charge on any atom is -0.497 e. The van der Waals surface area contributed by atoms with Crippen molar-refractivity contribution in [3.63, 3.8) is 0 Å². The highest BCUT2D eigenvalue weighted by molar-refractivity contribution is 7.92. The highest BCUT2D eigenvalue weighted by Gasteiger charge is 2.17. The van der Waals surface area contributed by atoms with E-state index in [2.05, 4.69) is 5.32 Å². The highest BCUT2D eigenvalue weighted by atomic mass is 35.5. The fourth-order valence-corrected chi connectivity index (χ4v) is 4.01. The predicted octanol–water partition coefficient (Wildman–Crippen LogP) is 3.86. The van der Waals surface area contributed by atoms with Gasteiger partial charge in [-0.1, -0.05) is 29.3 Å². The summed E-state index contributed by atoms with van der Waals surface area (Å²) in [6, 6.07) is 11.8. The Balaban J connectivity index is 1.89. The van der Waals surface area contributed by atoms with Crippen LogP contribution in [-0.2, 0) is 21.4 Å². The molecule has 0 unspecified atom stereocenters. The molecular formula is C19H22Cl2N2O4S. The van der Waals surface area contributed by atoms with Gasteiger partial charge in [-0.15, -0.1) is 0 Å². The normalized spacial score (nSPS) is 11.1. The molecule has 1 amide bonds. The van der Waals surface area contributed by atoms with Crippen molar-refractivity contribution in [2.45, 2.75) is 19.4 Å². The zero-order valence-corrected chi connectivity index (χ0v) is 17.9. The highest BCUT2D eigenvalue weighted by Crippen LogP contribution is 2.22. The Hall–Kier alpha value is -1.96. The van der Waals surface area contributed by atoms with E-state index in [1.54, 1.807) is 49.6 Å². The molecule has 0 saturated heterocycles. The maximum absolute atomic E-state index is 12.1. The molecular weight excluding hydrogens is 423 g/mol. The first-order valence-corrected chi connectivity index (χ1v) is 11.1. The quantitative estimate of drug-likeness (QED) is 0.636. The zero-order valence-electron chi connectivity index (χ0n) is 15.6. The Morgan fingerprint density at radius 1 is 1.14 bits per heavy atom. The van der Waals surface area contributed by atoms with E-state index in [9.17, 15) is 13.2 Å². The summed E-state index contributed by atoms with van der Waals surface area (Å²) in [5.41, 5.74) is 1.28. The van der Waals surface area contributed by atoms with Gasteiger partial charge < -0.3 is 10.1 Å². The summed E-state index contributed by atoms with van der Waals surface area (Å²) >= 11 is 11.9. The number of methoxy groups -OCH3 is 1. The largest absolute Gasteiger partial charge is 0.497 e. The van der Waals surface area contributed by atoms with Gasteiger partial charge in [0.05, 0.1) is 19.1 Å². The number of carbonyl (C=O) groups excluding carboxylic acids is 1. The monoisotopic (exact) mass is 444 g/mol. The van der Waals surface area contributed by atoms with Crippen LogP contribution in [-0.4, -0.2) is 34.2 Å². The fourth-order valence-electron chi connectivity index (χ4n) is 2.57. The molecule has 0 aliphatic rings. The van der Waals surface area contributed by atoms with E-state index in [0.717, 1.165) is 11.8 Å². The summed E-state index contributed by atoms with van der Waals surface area (Å²) in [5.74, 6) is 0.451. The maximum atomic E-state index is 12.1. The first kappa shape index (κ1) is 22.3. The number of halogens is 2. The molecule has 152 valence electrons. The van der Waals surface area contributed by atoms with Crippen molar-refractivity contribution in [2.75, 3.05) is 24.2 Å². The van der Waals surface area contributed by atoms with Gasteiger partial charge in [-0.2, -0.15) is 0 Å². The van der Waals surface area contributed by atoms with Crippen LogP contribution in [0, 0.1) is 0 Å². The van der Waals surface area contributed by atoms with Crippen molar-refractivity contribution in [1.82, 2.24) is 5.32 Å². The topological polar surface area (TPSA) is 75.7 Å². The molecule has 0 aliphatic carbocycles. The molecule has 0 atom stereocenters. The van der Waals surface area contributed by atoms with E-state index in [-0.39, 0.29) is 25.4 Å². The predicted molar refractivity (Wildman–Crippen MR) is 113 cm³/mol. The number of rotatable bonds is 9. The van der Waals surface area contributed by atoms with Gasteiger partial charge in [-0.25, -0.2) is 8.42 Å².